The molecule has 4 heterocycles. The van der Waals surface area contributed by atoms with Gasteiger partial charge in [0.1, 0.15) is 5.82 Å². The lowest BCUT2D eigenvalue weighted by Gasteiger charge is -2.31. The van der Waals surface area contributed by atoms with Crippen LogP contribution in [0.3, 0.4) is 0 Å². The van der Waals surface area contributed by atoms with Gasteiger partial charge < -0.3 is 20.4 Å². The largest absolute Gasteiger partial charge is 0.364 e. The first kappa shape index (κ1) is 22.0. The molecule has 2 amide bonds. The van der Waals surface area contributed by atoms with Crippen molar-refractivity contribution < 1.29 is 9.59 Å². The topological polar surface area (TPSA) is 103 Å². The van der Waals surface area contributed by atoms with Crippen molar-refractivity contribution in [2.24, 2.45) is 5.92 Å². The van der Waals surface area contributed by atoms with Crippen LogP contribution in [0.1, 0.15) is 37.7 Å². The van der Waals surface area contributed by atoms with E-state index in [0.29, 0.717) is 19.5 Å². The van der Waals surface area contributed by atoms with Crippen LogP contribution in [0.4, 0.5) is 11.6 Å². The number of likely N-dealkylation sites (tertiary alicyclic amines) is 1. The predicted molar refractivity (Wildman–Crippen MR) is 122 cm³/mol. The van der Waals surface area contributed by atoms with Gasteiger partial charge in [-0.15, -0.1) is 10.2 Å². The number of nitrogens with zero attached hydrogens (tertiary/aromatic N) is 5. The van der Waals surface area contributed by atoms with Crippen LogP contribution >= 0.6 is 0 Å². The van der Waals surface area contributed by atoms with Gasteiger partial charge in [-0.3, -0.25) is 14.6 Å². The third-order valence-corrected chi connectivity index (χ3v) is 6.11. The molecule has 4 rings (SSSR count). The molecule has 2 aromatic rings. The van der Waals surface area contributed by atoms with Crippen LogP contribution in [0.2, 0.25) is 0 Å². The second-order valence-corrected chi connectivity index (χ2v) is 8.38. The Labute approximate surface area is 188 Å². The lowest BCUT2D eigenvalue weighted by Crippen LogP contribution is -2.41. The Balaban J connectivity index is 1.15. The first-order valence-electron chi connectivity index (χ1n) is 11.5. The van der Waals surface area contributed by atoms with Crippen molar-refractivity contribution in [2.75, 3.05) is 42.9 Å². The average Bonchev–Trinajstić information content (AvgIpc) is 3.26. The minimum atomic E-state index is 0.0352. The van der Waals surface area contributed by atoms with Gasteiger partial charge >= 0.3 is 0 Å². The number of rotatable bonds is 9. The van der Waals surface area contributed by atoms with Crippen LogP contribution < -0.4 is 15.5 Å². The van der Waals surface area contributed by atoms with E-state index in [2.05, 4.69) is 30.7 Å². The number of aromatic nitrogens is 3. The van der Waals surface area contributed by atoms with Crippen molar-refractivity contribution in [1.82, 2.24) is 25.4 Å². The highest BCUT2D eigenvalue weighted by Gasteiger charge is 2.26. The SMILES string of the molecule is O=C(NCCCN1CCCC1=O)C1CCN(c2ccc(NCc3cccnc3)nn2)CC1. The Kier molecular flexibility index (Phi) is 7.47. The van der Waals surface area contributed by atoms with E-state index in [1.807, 2.05) is 35.4 Å². The molecule has 2 aliphatic rings. The summed E-state index contributed by atoms with van der Waals surface area (Å²) in [5.74, 6) is 1.96. The maximum atomic E-state index is 12.5. The predicted octanol–water partition coefficient (Wildman–Crippen LogP) is 1.83. The van der Waals surface area contributed by atoms with Gasteiger partial charge in [0.25, 0.3) is 0 Å². The third kappa shape index (κ3) is 5.93. The normalized spacial score (nSPS) is 16.9. The fraction of sp³-hybridized carbons (Fsp3) is 0.522. The molecule has 9 nitrogen and oxygen atoms in total. The molecule has 0 saturated carbocycles. The van der Waals surface area contributed by atoms with E-state index in [9.17, 15) is 9.59 Å². The van der Waals surface area contributed by atoms with Gasteiger partial charge in [-0.2, -0.15) is 0 Å². The van der Waals surface area contributed by atoms with E-state index in [0.717, 1.165) is 69.1 Å². The second-order valence-electron chi connectivity index (χ2n) is 8.38. The molecule has 9 heteroatoms. The number of anilines is 2. The number of piperidine rings is 1. The highest BCUT2D eigenvalue weighted by atomic mass is 16.2. The number of pyridine rings is 1. The molecule has 170 valence electrons. The maximum Gasteiger partial charge on any atom is 0.223 e. The zero-order chi connectivity index (χ0) is 22.2. The van der Waals surface area contributed by atoms with E-state index in [4.69, 9.17) is 0 Å². The fourth-order valence-electron chi connectivity index (χ4n) is 4.22. The molecule has 0 aromatic carbocycles. The van der Waals surface area contributed by atoms with Gasteiger partial charge in [0.05, 0.1) is 0 Å². The Morgan fingerprint density at radius 2 is 2.00 bits per heavy atom. The summed E-state index contributed by atoms with van der Waals surface area (Å²) in [6.07, 6.45) is 7.62. The average molecular weight is 438 g/mol. The number of carbonyl (C=O) groups excluding carboxylic acids is 2. The molecular formula is C23H31N7O2. The molecule has 2 aromatic heterocycles. The van der Waals surface area contributed by atoms with Crippen LogP contribution in [0.25, 0.3) is 0 Å². The summed E-state index contributed by atoms with van der Waals surface area (Å²) in [6.45, 7) is 4.45. The van der Waals surface area contributed by atoms with Crippen molar-refractivity contribution in [3.05, 3.63) is 42.2 Å². The van der Waals surface area contributed by atoms with Gasteiger partial charge in [0, 0.05) is 64.0 Å². The number of amides is 2. The standard InChI is InChI=1S/C23H31N7O2/c31-22-5-2-12-30(22)13-3-11-25-23(32)19-8-14-29(15-9-19)21-7-6-20(27-28-21)26-17-18-4-1-10-24-16-18/h1,4,6-7,10,16,19H,2-3,5,8-9,11-15,17H2,(H,25,32)(H,26,27). The third-order valence-electron chi connectivity index (χ3n) is 6.11. The van der Waals surface area contributed by atoms with Gasteiger partial charge in [-0.1, -0.05) is 6.07 Å². The molecular weight excluding hydrogens is 406 g/mol. The first-order chi connectivity index (χ1) is 15.7. The van der Waals surface area contributed by atoms with E-state index in [1.165, 1.54) is 0 Å². The molecule has 0 aliphatic carbocycles. The highest BCUT2D eigenvalue weighted by Crippen LogP contribution is 2.22. The van der Waals surface area contributed by atoms with Crippen LogP contribution in [0, 0.1) is 5.92 Å². The Bertz CT molecular complexity index is 883. The van der Waals surface area contributed by atoms with Crippen molar-refractivity contribution in [3.8, 4) is 0 Å². The van der Waals surface area contributed by atoms with E-state index in [1.54, 1.807) is 6.20 Å². The molecule has 0 radical (unpaired) electrons. The molecule has 2 N–H and O–H groups in total. The molecule has 0 unspecified atom stereocenters. The molecule has 0 spiro atoms. The molecule has 2 saturated heterocycles. The summed E-state index contributed by atoms with van der Waals surface area (Å²) in [5, 5.41) is 14.9. The number of hydrogen-bond acceptors (Lipinski definition) is 7. The van der Waals surface area contributed by atoms with Crippen LogP contribution in [-0.2, 0) is 16.1 Å². The smallest absolute Gasteiger partial charge is 0.223 e. The minimum absolute atomic E-state index is 0.0352. The minimum Gasteiger partial charge on any atom is -0.364 e. The fourth-order valence-corrected chi connectivity index (χ4v) is 4.22. The Morgan fingerprint density at radius 1 is 1.12 bits per heavy atom. The van der Waals surface area contributed by atoms with Crippen molar-refractivity contribution in [2.45, 2.75) is 38.6 Å². The number of hydrogen-bond donors (Lipinski definition) is 2. The van der Waals surface area contributed by atoms with Gasteiger partial charge in [-0.25, -0.2) is 0 Å². The Morgan fingerprint density at radius 3 is 2.69 bits per heavy atom. The summed E-state index contributed by atoms with van der Waals surface area (Å²) in [5.41, 5.74) is 1.09. The highest BCUT2D eigenvalue weighted by molar-refractivity contribution is 5.79. The Hall–Kier alpha value is -3.23. The summed E-state index contributed by atoms with van der Waals surface area (Å²) < 4.78 is 0. The monoisotopic (exact) mass is 437 g/mol. The summed E-state index contributed by atoms with van der Waals surface area (Å²) in [6, 6.07) is 7.82. The summed E-state index contributed by atoms with van der Waals surface area (Å²) in [4.78, 5) is 32.3. The van der Waals surface area contributed by atoms with Gasteiger partial charge in [-0.05, 0) is 49.4 Å². The lowest BCUT2D eigenvalue weighted by atomic mass is 9.96. The lowest BCUT2D eigenvalue weighted by molar-refractivity contribution is -0.127. The number of nitrogens with one attached hydrogen (secondary N) is 2. The summed E-state index contributed by atoms with van der Waals surface area (Å²) in [7, 11) is 0. The van der Waals surface area contributed by atoms with Crippen molar-refractivity contribution >= 4 is 23.5 Å². The van der Waals surface area contributed by atoms with Gasteiger partial charge in [0.2, 0.25) is 11.8 Å². The maximum absolute atomic E-state index is 12.5. The molecule has 2 aliphatic heterocycles. The van der Waals surface area contributed by atoms with Crippen LogP contribution in [-0.4, -0.2) is 64.6 Å². The molecule has 0 bridgehead atoms. The van der Waals surface area contributed by atoms with Crippen LogP contribution in [0.15, 0.2) is 36.7 Å². The van der Waals surface area contributed by atoms with E-state index >= 15 is 0 Å². The molecule has 32 heavy (non-hydrogen) atoms. The molecule has 0 atom stereocenters. The molecule has 2 fully saturated rings. The second kappa shape index (κ2) is 10.9. The van der Waals surface area contributed by atoms with Crippen LogP contribution in [0.5, 0.6) is 0 Å². The first-order valence-corrected chi connectivity index (χ1v) is 11.5. The zero-order valence-corrected chi connectivity index (χ0v) is 18.4. The van der Waals surface area contributed by atoms with Gasteiger partial charge in [0.15, 0.2) is 5.82 Å². The van der Waals surface area contributed by atoms with E-state index < -0.39 is 0 Å². The zero-order valence-electron chi connectivity index (χ0n) is 18.4. The summed E-state index contributed by atoms with van der Waals surface area (Å²) >= 11 is 0. The quantitative estimate of drug-likeness (QED) is 0.577. The van der Waals surface area contributed by atoms with Crippen molar-refractivity contribution in [1.29, 1.82) is 0 Å². The number of carbonyl (C=O) groups is 2. The van der Waals surface area contributed by atoms with Crippen molar-refractivity contribution in [3.63, 3.8) is 0 Å². The van der Waals surface area contributed by atoms with E-state index in [-0.39, 0.29) is 17.7 Å².